The van der Waals surface area contributed by atoms with E-state index in [1.54, 1.807) is 6.20 Å². The van der Waals surface area contributed by atoms with Crippen molar-refractivity contribution in [2.24, 2.45) is 0 Å². The highest BCUT2D eigenvalue weighted by Gasteiger charge is 2.46. The maximum absolute atomic E-state index is 11.6. The Kier molecular flexibility index (Phi) is 3.43. The zero-order chi connectivity index (χ0) is 13.3. The van der Waals surface area contributed by atoms with E-state index < -0.39 is 11.5 Å². The van der Waals surface area contributed by atoms with Gasteiger partial charge in [0.1, 0.15) is 11.4 Å². The molecule has 1 fully saturated rings. The molecule has 0 saturated heterocycles. The fourth-order valence-corrected chi connectivity index (χ4v) is 2.97. The standard InChI is InChI=1S/C13H21N3O2/c1-9(2)15-13(12(17)18)5-4-11(8-13)16-7-6-14-10(16)3/h6-7,9,11,15H,4-5,8H2,1-3H3,(H,17,18). The van der Waals surface area contributed by atoms with Gasteiger partial charge in [0.2, 0.25) is 0 Å². The molecule has 2 atom stereocenters. The van der Waals surface area contributed by atoms with Gasteiger partial charge in [-0.1, -0.05) is 0 Å². The normalized spacial score (nSPS) is 27.9. The molecule has 1 aromatic rings. The number of aromatic nitrogens is 2. The van der Waals surface area contributed by atoms with E-state index in [-0.39, 0.29) is 12.1 Å². The highest BCUT2D eigenvalue weighted by Crippen LogP contribution is 2.38. The highest BCUT2D eigenvalue weighted by molar-refractivity contribution is 5.79. The molecule has 0 amide bonds. The van der Waals surface area contributed by atoms with Crippen molar-refractivity contribution >= 4 is 5.97 Å². The van der Waals surface area contributed by atoms with E-state index >= 15 is 0 Å². The molecule has 5 nitrogen and oxygen atoms in total. The van der Waals surface area contributed by atoms with Crippen LogP contribution in [0.3, 0.4) is 0 Å². The lowest BCUT2D eigenvalue weighted by molar-refractivity contribution is -0.145. The third kappa shape index (κ3) is 2.27. The number of rotatable bonds is 4. The lowest BCUT2D eigenvalue weighted by Crippen LogP contribution is -2.53. The van der Waals surface area contributed by atoms with Crippen LogP contribution in [0.25, 0.3) is 0 Å². The number of aryl methyl sites for hydroxylation is 1. The Labute approximate surface area is 107 Å². The topological polar surface area (TPSA) is 67.2 Å². The molecule has 0 aliphatic heterocycles. The quantitative estimate of drug-likeness (QED) is 0.855. The Morgan fingerprint density at radius 3 is 2.89 bits per heavy atom. The third-order valence-electron chi connectivity index (χ3n) is 3.72. The summed E-state index contributed by atoms with van der Waals surface area (Å²) in [6.45, 7) is 5.93. The van der Waals surface area contributed by atoms with E-state index in [9.17, 15) is 9.90 Å². The summed E-state index contributed by atoms with van der Waals surface area (Å²) in [5, 5.41) is 12.7. The van der Waals surface area contributed by atoms with Crippen LogP contribution in [0.2, 0.25) is 0 Å². The molecule has 1 aromatic heterocycles. The first-order chi connectivity index (χ1) is 8.44. The largest absolute Gasteiger partial charge is 0.480 e. The minimum atomic E-state index is -0.782. The van der Waals surface area contributed by atoms with Gasteiger partial charge in [-0.3, -0.25) is 10.1 Å². The Bertz CT molecular complexity index is 441. The monoisotopic (exact) mass is 251 g/mol. The van der Waals surface area contributed by atoms with Gasteiger partial charge in [-0.05, 0) is 40.0 Å². The van der Waals surface area contributed by atoms with Gasteiger partial charge in [0.25, 0.3) is 0 Å². The van der Waals surface area contributed by atoms with E-state index in [1.807, 2.05) is 27.0 Å². The number of carboxylic acid groups (broad SMARTS) is 1. The van der Waals surface area contributed by atoms with Crippen LogP contribution in [0.1, 0.15) is 45.0 Å². The summed E-state index contributed by atoms with van der Waals surface area (Å²) in [7, 11) is 0. The summed E-state index contributed by atoms with van der Waals surface area (Å²) >= 11 is 0. The Morgan fingerprint density at radius 1 is 1.67 bits per heavy atom. The zero-order valence-corrected chi connectivity index (χ0v) is 11.2. The lowest BCUT2D eigenvalue weighted by Gasteiger charge is -2.28. The second-order valence-electron chi connectivity index (χ2n) is 5.46. The molecule has 1 heterocycles. The van der Waals surface area contributed by atoms with Gasteiger partial charge in [-0.2, -0.15) is 0 Å². The van der Waals surface area contributed by atoms with Crippen molar-refractivity contribution in [2.45, 2.75) is 57.7 Å². The van der Waals surface area contributed by atoms with Crippen molar-refractivity contribution in [2.75, 3.05) is 0 Å². The Morgan fingerprint density at radius 2 is 2.39 bits per heavy atom. The zero-order valence-electron chi connectivity index (χ0n) is 11.2. The predicted octanol–water partition coefficient (Wildman–Crippen LogP) is 1.74. The maximum Gasteiger partial charge on any atom is 0.323 e. The van der Waals surface area contributed by atoms with Crippen LogP contribution in [-0.4, -0.2) is 32.2 Å². The Balaban J connectivity index is 2.18. The molecular weight excluding hydrogens is 230 g/mol. The van der Waals surface area contributed by atoms with E-state index in [0.29, 0.717) is 12.8 Å². The van der Waals surface area contributed by atoms with Crippen molar-refractivity contribution < 1.29 is 9.90 Å². The van der Waals surface area contributed by atoms with Crippen molar-refractivity contribution in [3.05, 3.63) is 18.2 Å². The number of imidazole rings is 1. The molecule has 2 unspecified atom stereocenters. The Hall–Kier alpha value is -1.36. The molecule has 0 aromatic carbocycles. The average Bonchev–Trinajstić information content (AvgIpc) is 2.84. The van der Waals surface area contributed by atoms with Crippen molar-refractivity contribution in [3.63, 3.8) is 0 Å². The van der Waals surface area contributed by atoms with Crippen LogP contribution < -0.4 is 5.32 Å². The third-order valence-corrected chi connectivity index (χ3v) is 3.72. The van der Waals surface area contributed by atoms with E-state index in [1.165, 1.54) is 0 Å². The number of hydrogen-bond donors (Lipinski definition) is 2. The summed E-state index contributed by atoms with van der Waals surface area (Å²) in [4.78, 5) is 15.8. The number of carboxylic acids is 1. The number of carbonyl (C=O) groups is 1. The maximum atomic E-state index is 11.6. The minimum absolute atomic E-state index is 0.170. The molecular formula is C13H21N3O2. The fraction of sp³-hybridized carbons (Fsp3) is 0.692. The minimum Gasteiger partial charge on any atom is -0.480 e. The molecule has 0 spiro atoms. The molecule has 1 aliphatic rings. The van der Waals surface area contributed by atoms with Gasteiger partial charge in [0, 0.05) is 24.5 Å². The van der Waals surface area contributed by atoms with Crippen LogP contribution in [0, 0.1) is 6.92 Å². The first-order valence-corrected chi connectivity index (χ1v) is 6.45. The summed E-state index contributed by atoms with van der Waals surface area (Å²) in [6, 6.07) is 0.401. The molecule has 0 radical (unpaired) electrons. The van der Waals surface area contributed by atoms with Gasteiger partial charge in [0.15, 0.2) is 0 Å². The molecule has 0 bridgehead atoms. The molecule has 1 aliphatic carbocycles. The number of aliphatic carboxylic acids is 1. The molecule has 5 heteroatoms. The molecule has 100 valence electrons. The van der Waals surface area contributed by atoms with Crippen molar-refractivity contribution in [1.82, 2.24) is 14.9 Å². The predicted molar refractivity (Wildman–Crippen MR) is 68.5 cm³/mol. The van der Waals surface area contributed by atoms with Crippen LogP contribution in [0.5, 0.6) is 0 Å². The van der Waals surface area contributed by atoms with Gasteiger partial charge < -0.3 is 9.67 Å². The number of hydrogen-bond acceptors (Lipinski definition) is 3. The van der Waals surface area contributed by atoms with E-state index in [4.69, 9.17) is 0 Å². The van der Waals surface area contributed by atoms with Gasteiger partial charge in [0.05, 0.1) is 0 Å². The first-order valence-electron chi connectivity index (χ1n) is 6.45. The molecule has 2 N–H and O–H groups in total. The van der Waals surface area contributed by atoms with Crippen molar-refractivity contribution in [1.29, 1.82) is 0 Å². The molecule has 1 saturated carbocycles. The van der Waals surface area contributed by atoms with Gasteiger partial charge >= 0.3 is 5.97 Å². The van der Waals surface area contributed by atoms with Crippen LogP contribution in [0.15, 0.2) is 12.4 Å². The van der Waals surface area contributed by atoms with Gasteiger partial charge in [-0.15, -0.1) is 0 Å². The molecule has 2 rings (SSSR count). The summed E-state index contributed by atoms with van der Waals surface area (Å²) < 4.78 is 2.09. The average molecular weight is 251 g/mol. The van der Waals surface area contributed by atoms with E-state index in [2.05, 4.69) is 14.9 Å². The fourth-order valence-electron chi connectivity index (χ4n) is 2.97. The van der Waals surface area contributed by atoms with Gasteiger partial charge in [-0.25, -0.2) is 4.98 Å². The van der Waals surface area contributed by atoms with Crippen molar-refractivity contribution in [3.8, 4) is 0 Å². The van der Waals surface area contributed by atoms with E-state index in [0.717, 1.165) is 12.2 Å². The summed E-state index contributed by atoms with van der Waals surface area (Å²) in [6.07, 6.45) is 5.88. The second-order valence-corrected chi connectivity index (χ2v) is 5.46. The number of nitrogens with zero attached hydrogens (tertiary/aromatic N) is 2. The highest BCUT2D eigenvalue weighted by atomic mass is 16.4. The first kappa shape index (κ1) is 13.1. The SMILES string of the molecule is Cc1nccn1C1CCC(NC(C)C)(C(=O)O)C1. The molecule has 18 heavy (non-hydrogen) atoms. The summed E-state index contributed by atoms with van der Waals surface area (Å²) in [5.41, 5.74) is -0.782. The van der Waals surface area contributed by atoms with Crippen LogP contribution in [-0.2, 0) is 4.79 Å². The smallest absolute Gasteiger partial charge is 0.323 e. The summed E-state index contributed by atoms with van der Waals surface area (Å²) in [5.74, 6) is 0.210. The lowest BCUT2D eigenvalue weighted by atomic mass is 9.96. The number of nitrogens with one attached hydrogen (secondary N) is 1. The van der Waals surface area contributed by atoms with Crippen LogP contribution >= 0.6 is 0 Å². The van der Waals surface area contributed by atoms with Crippen LogP contribution in [0.4, 0.5) is 0 Å². The second kappa shape index (κ2) is 4.72.